The van der Waals surface area contributed by atoms with E-state index in [-0.39, 0.29) is 31.6 Å². The monoisotopic (exact) mass is 797 g/mol. The molecule has 0 saturated heterocycles. The molecule has 328 valence electrons. The van der Waals surface area contributed by atoms with Crippen molar-refractivity contribution in [2.75, 3.05) is 13.2 Å². The fourth-order valence-corrected chi connectivity index (χ4v) is 6.43. The lowest BCUT2D eigenvalue weighted by atomic mass is 10.1. The van der Waals surface area contributed by atoms with Gasteiger partial charge in [-0.1, -0.05) is 184 Å². The Morgan fingerprint density at radius 3 is 1.21 bits per heavy atom. The van der Waals surface area contributed by atoms with Crippen molar-refractivity contribution in [1.82, 2.24) is 0 Å². The molecule has 0 aromatic heterocycles. The van der Waals surface area contributed by atoms with Crippen molar-refractivity contribution in [3.8, 4) is 0 Å². The fourth-order valence-electron chi connectivity index (χ4n) is 6.43. The average molecular weight is 797 g/mol. The highest BCUT2D eigenvalue weighted by Gasteiger charge is 2.19. The van der Waals surface area contributed by atoms with Gasteiger partial charge in [0.2, 0.25) is 0 Å². The van der Waals surface area contributed by atoms with Crippen LogP contribution in [0, 0.1) is 0 Å². The second-order valence-corrected chi connectivity index (χ2v) is 15.6. The molecule has 0 fully saturated rings. The van der Waals surface area contributed by atoms with E-state index in [4.69, 9.17) is 14.2 Å². The summed E-state index contributed by atoms with van der Waals surface area (Å²) in [6, 6.07) is 0. The molecule has 0 spiro atoms. The number of hydrogen-bond donors (Lipinski definition) is 0. The molecule has 0 amide bonds. The molecule has 6 heteroatoms. The maximum absolute atomic E-state index is 12.7. The highest BCUT2D eigenvalue weighted by atomic mass is 16.6. The summed E-state index contributed by atoms with van der Waals surface area (Å²) in [4.78, 5) is 37.7. The SMILES string of the molecule is CC/C=C\C/C=C\C/C=C\CC(=O)OCC(COC(=O)CCCCCCCCC/C=C\CCCCCC)OC(=O)CCCCCCCCC/C=C\CCCCCC. The van der Waals surface area contributed by atoms with Crippen molar-refractivity contribution in [3.63, 3.8) is 0 Å². The van der Waals surface area contributed by atoms with Gasteiger partial charge in [-0.2, -0.15) is 0 Å². The molecule has 1 unspecified atom stereocenters. The topological polar surface area (TPSA) is 78.9 Å². The predicted octanol–water partition coefficient (Wildman–Crippen LogP) is 15.3. The smallest absolute Gasteiger partial charge is 0.309 e. The van der Waals surface area contributed by atoms with Crippen molar-refractivity contribution in [1.29, 1.82) is 0 Å². The highest BCUT2D eigenvalue weighted by molar-refractivity contribution is 5.72. The van der Waals surface area contributed by atoms with Crippen LogP contribution in [0.25, 0.3) is 0 Å². The van der Waals surface area contributed by atoms with Crippen molar-refractivity contribution in [2.24, 2.45) is 0 Å². The zero-order valence-electron chi connectivity index (χ0n) is 37.3. The van der Waals surface area contributed by atoms with Gasteiger partial charge in [-0.15, -0.1) is 0 Å². The van der Waals surface area contributed by atoms with Gasteiger partial charge in [0.15, 0.2) is 6.10 Å². The first kappa shape index (κ1) is 54.1. The number of hydrogen-bond acceptors (Lipinski definition) is 6. The van der Waals surface area contributed by atoms with Crippen LogP contribution in [0.1, 0.15) is 226 Å². The van der Waals surface area contributed by atoms with Gasteiger partial charge in [-0.05, 0) is 83.5 Å². The van der Waals surface area contributed by atoms with Crippen LogP contribution in [0.5, 0.6) is 0 Å². The molecule has 0 aliphatic carbocycles. The lowest BCUT2D eigenvalue weighted by molar-refractivity contribution is -0.166. The Hall–Kier alpha value is -2.89. The quantitative estimate of drug-likeness (QED) is 0.0265. The van der Waals surface area contributed by atoms with Crippen LogP contribution in [0.2, 0.25) is 0 Å². The number of ether oxygens (including phenoxy) is 3. The summed E-state index contributed by atoms with van der Waals surface area (Å²) < 4.78 is 16.6. The van der Waals surface area contributed by atoms with Gasteiger partial charge in [0, 0.05) is 12.8 Å². The van der Waals surface area contributed by atoms with E-state index in [1.807, 2.05) is 6.08 Å². The molecule has 0 aliphatic heterocycles. The molecule has 57 heavy (non-hydrogen) atoms. The average Bonchev–Trinajstić information content (AvgIpc) is 3.21. The van der Waals surface area contributed by atoms with Crippen molar-refractivity contribution < 1.29 is 28.6 Å². The maximum Gasteiger partial charge on any atom is 0.309 e. The summed E-state index contributed by atoms with van der Waals surface area (Å²) >= 11 is 0. The summed E-state index contributed by atoms with van der Waals surface area (Å²) in [5.41, 5.74) is 0. The van der Waals surface area contributed by atoms with Crippen LogP contribution in [0.3, 0.4) is 0 Å². The lowest BCUT2D eigenvalue weighted by Gasteiger charge is -2.18. The maximum atomic E-state index is 12.7. The molecule has 0 bridgehead atoms. The van der Waals surface area contributed by atoms with Crippen LogP contribution < -0.4 is 0 Å². The number of carbonyl (C=O) groups excluding carboxylic acids is 3. The van der Waals surface area contributed by atoms with Gasteiger partial charge in [-0.25, -0.2) is 0 Å². The van der Waals surface area contributed by atoms with Gasteiger partial charge >= 0.3 is 17.9 Å². The molecular weight excluding hydrogens is 709 g/mol. The van der Waals surface area contributed by atoms with E-state index >= 15 is 0 Å². The van der Waals surface area contributed by atoms with Gasteiger partial charge in [0.05, 0.1) is 6.42 Å². The minimum absolute atomic E-state index is 0.105. The summed E-state index contributed by atoms with van der Waals surface area (Å²) in [5.74, 6) is -1.04. The highest BCUT2D eigenvalue weighted by Crippen LogP contribution is 2.14. The molecule has 0 aliphatic rings. The molecule has 0 saturated carbocycles. The van der Waals surface area contributed by atoms with Crippen LogP contribution in [0.15, 0.2) is 60.8 Å². The Balaban J connectivity index is 4.40. The largest absolute Gasteiger partial charge is 0.462 e. The Labute approximate surface area is 351 Å². The molecule has 6 nitrogen and oxygen atoms in total. The van der Waals surface area contributed by atoms with E-state index in [0.717, 1.165) is 57.8 Å². The van der Waals surface area contributed by atoms with Crippen LogP contribution in [-0.2, 0) is 28.6 Å². The summed E-state index contributed by atoms with van der Waals surface area (Å²) in [6.45, 7) is 6.38. The number of carbonyl (C=O) groups is 3. The third-order valence-corrected chi connectivity index (χ3v) is 10.0. The summed E-state index contributed by atoms with van der Waals surface area (Å²) in [5, 5.41) is 0. The van der Waals surface area contributed by atoms with E-state index < -0.39 is 12.1 Å². The Morgan fingerprint density at radius 1 is 0.386 bits per heavy atom. The minimum atomic E-state index is -0.810. The minimum Gasteiger partial charge on any atom is -0.462 e. The molecule has 0 aromatic rings. The van der Waals surface area contributed by atoms with Crippen LogP contribution >= 0.6 is 0 Å². The Bertz CT molecular complexity index is 1050. The molecule has 0 rings (SSSR count). The number of esters is 3. The van der Waals surface area contributed by atoms with Gasteiger partial charge < -0.3 is 14.2 Å². The zero-order valence-corrected chi connectivity index (χ0v) is 37.3. The van der Waals surface area contributed by atoms with Gasteiger partial charge in [0.1, 0.15) is 13.2 Å². The normalized spacial score (nSPS) is 12.5. The molecule has 0 N–H and O–H groups in total. The standard InChI is InChI=1S/C51H88O6/c1-4-7-10-13-16-19-21-23-25-27-29-32-35-38-41-44-50(53)56-47-48(46-55-49(52)43-40-37-34-31-18-15-12-9-6-3)57-51(54)45-42-39-36-33-30-28-26-24-22-20-17-14-11-8-5-2/h9,12,18-22,31,37,40,48H,4-8,10-11,13-17,23-30,32-36,38-39,41-47H2,1-3H3/b12-9-,21-19-,22-20-,31-18-,40-37-. The summed E-state index contributed by atoms with van der Waals surface area (Å²) in [7, 11) is 0. The molecule has 0 heterocycles. The number of rotatable bonds is 42. The first-order chi connectivity index (χ1) is 28.0. The Morgan fingerprint density at radius 2 is 0.754 bits per heavy atom. The van der Waals surface area contributed by atoms with Crippen molar-refractivity contribution in [3.05, 3.63) is 60.8 Å². The van der Waals surface area contributed by atoms with E-state index in [0.29, 0.717) is 12.8 Å². The van der Waals surface area contributed by atoms with Crippen molar-refractivity contribution in [2.45, 2.75) is 232 Å². The second kappa shape index (κ2) is 45.8. The zero-order chi connectivity index (χ0) is 41.5. The first-order valence-corrected chi connectivity index (χ1v) is 23.8. The van der Waals surface area contributed by atoms with Gasteiger partial charge in [0.25, 0.3) is 0 Å². The fraction of sp³-hybridized carbons (Fsp3) is 0.745. The first-order valence-electron chi connectivity index (χ1n) is 23.8. The van der Waals surface area contributed by atoms with E-state index in [9.17, 15) is 14.4 Å². The van der Waals surface area contributed by atoms with Crippen LogP contribution in [0.4, 0.5) is 0 Å². The molecular formula is C51H88O6. The second-order valence-electron chi connectivity index (χ2n) is 15.6. The van der Waals surface area contributed by atoms with E-state index in [2.05, 4.69) is 69.4 Å². The van der Waals surface area contributed by atoms with E-state index in [1.165, 1.54) is 128 Å². The molecule has 0 aromatic carbocycles. The third kappa shape index (κ3) is 44.1. The van der Waals surface area contributed by atoms with Crippen LogP contribution in [-0.4, -0.2) is 37.2 Å². The van der Waals surface area contributed by atoms with Gasteiger partial charge in [-0.3, -0.25) is 14.4 Å². The lowest BCUT2D eigenvalue weighted by Crippen LogP contribution is -2.30. The molecule has 0 radical (unpaired) electrons. The molecule has 1 atom stereocenters. The van der Waals surface area contributed by atoms with Crippen molar-refractivity contribution >= 4 is 17.9 Å². The summed E-state index contributed by atoms with van der Waals surface area (Å²) in [6.07, 6.45) is 55.2. The number of unbranched alkanes of at least 4 members (excludes halogenated alkanes) is 22. The number of allylic oxidation sites excluding steroid dienone is 9. The predicted molar refractivity (Wildman–Crippen MR) is 242 cm³/mol. The Kier molecular flexibility index (Phi) is 43.5. The third-order valence-electron chi connectivity index (χ3n) is 10.0. The van der Waals surface area contributed by atoms with E-state index in [1.54, 1.807) is 6.08 Å².